The molecular formula is C12H16FN3O. The van der Waals surface area contributed by atoms with Gasteiger partial charge in [0.25, 0.3) is 0 Å². The van der Waals surface area contributed by atoms with Crippen LogP contribution in [-0.4, -0.2) is 36.6 Å². The molecule has 17 heavy (non-hydrogen) atoms. The average Bonchev–Trinajstić information content (AvgIpc) is 2.26. The molecule has 0 bridgehead atoms. The third kappa shape index (κ3) is 2.74. The summed E-state index contributed by atoms with van der Waals surface area (Å²) >= 11 is 0. The summed E-state index contributed by atoms with van der Waals surface area (Å²) in [6, 6.07) is 5.90. The lowest BCUT2D eigenvalue weighted by Gasteiger charge is -2.37. The van der Waals surface area contributed by atoms with Crippen molar-refractivity contribution >= 4 is 11.7 Å². The van der Waals surface area contributed by atoms with Gasteiger partial charge in [-0.25, -0.2) is 9.18 Å². The highest BCUT2D eigenvalue weighted by molar-refractivity contribution is 5.89. The highest BCUT2D eigenvalue weighted by Crippen LogP contribution is 2.11. The Balaban J connectivity index is 1.97. The molecule has 0 radical (unpaired) electrons. The summed E-state index contributed by atoms with van der Waals surface area (Å²) in [5.74, 6) is -0.307. The molecule has 0 aliphatic carbocycles. The molecule has 92 valence electrons. The van der Waals surface area contributed by atoms with Gasteiger partial charge in [0.1, 0.15) is 5.82 Å². The van der Waals surface area contributed by atoms with Gasteiger partial charge in [-0.3, -0.25) is 0 Å². The Kier molecular flexibility index (Phi) is 3.58. The topological polar surface area (TPSA) is 44.4 Å². The lowest BCUT2D eigenvalue weighted by atomic mass is 10.1. The Bertz CT molecular complexity index is 389. The van der Waals surface area contributed by atoms with Gasteiger partial charge in [0.2, 0.25) is 0 Å². The van der Waals surface area contributed by atoms with Crippen molar-refractivity contribution in [1.29, 1.82) is 0 Å². The molecule has 1 aliphatic rings. The summed E-state index contributed by atoms with van der Waals surface area (Å²) in [6.45, 7) is 4.29. The van der Waals surface area contributed by atoms with E-state index in [0.717, 1.165) is 13.1 Å². The monoisotopic (exact) mass is 237 g/mol. The molecule has 2 amide bonds. The molecular weight excluding hydrogens is 221 g/mol. The van der Waals surface area contributed by atoms with Crippen LogP contribution in [0.1, 0.15) is 6.92 Å². The minimum absolute atomic E-state index is 0.134. The first-order valence-electron chi connectivity index (χ1n) is 5.74. The summed E-state index contributed by atoms with van der Waals surface area (Å²) in [7, 11) is 0. The minimum atomic E-state index is -0.307. The SMILES string of the molecule is CCN(C(=O)Nc1ccc(F)cc1)C1CNC1. The first kappa shape index (κ1) is 11.9. The van der Waals surface area contributed by atoms with Gasteiger partial charge in [-0.2, -0.15) is 0 Å². The van der Waals surface area contributed by atoms with E-state index in [1.54, 1.807) is 17.0 Å². The van der Waals surface area contributed by atoms with Crippen molar-refractivity contribution in [2.75, 3.05) is 25.0 Å². The van der Waals surface area contributed by atoms with Crippen LogP contribution >= 0.6 is 0 Å². The Labute approximate surface area is 99.8 Å². The standard InChI is InChI=1S/C12H16FN3O/c1-2-16(11-7-14-8-11)12(17)15-10-5-3-9(13)4-6-10/h3-6,11,14H,2,7-8H2,1H3,(H,15,17). The highest BCUT2D eigenvalue weighted by Gasteiger charge is 2.27. The molecule has 1 heterocycles. The molecule has 1 aromatic carbocycles. The number of benzene rings is 1. The third-order valence-electron chi connectivity index (χ3n) is 2.90. The van der Waals surface area contributed by atoms with Crippen molar-refractivity contribution in [2.24, 2.45) is 0 Å². The van der Waals surface area contributed by atoms with Crippen molar-refractivity contribution < 1.29 is 9.18 Å². The number of nitrogens with one attached hydrogen (secondary N) is 2. The minimum Gasteiger partial charge on any atom is -0.319 e. The second-order valence-electron chi connectivity index (χ2n) is 4.04. The second kappa shape index (κ2) is 5.14. The van der Waals surface area contributed by atoms with Gasteiger partial charge < -0.3 is 15.5 Å². The zero-order valence-electron chi connectivity index (χ0n) is 9.74. The Morgan fingerprint density at radius 3 is 2.59 bits per heavy atom. The quantitative estimate of drug-likeness (QED) is 0.839. The van der Waals surface area contributed by atoms with Gasteiger partial charge in [0.05, 0.1) is 6.04 Å². The summed E-state index contributed by atoms with van der Waals surface area (Å²) in [4.78, 5) is 13.7. The van der Waals surface area contributed by atoms with Gasteiger partial charge in [-0.15, -0.1) is 0 Å². The predicted octanol–water partition coefficient (Wildman–Crippen LogP) is 1.65. The fourth-order valence-corrected chi connectivity index (χ4v) is 1.79. The fraction of sp³-hybridized carbons (Fsp3) is 0.417. The van der Waals surface area contributed by atoms with Crippen LogP contribution in [0.25, 0.3) is 0 Å². The number of hydrogen-bond donors (Lipinski definition) is 2. The Morgan fingerprint density at radius 1 is 1.47 bits per heavy atom. The normalized spacial score (nSPS) is 15.2. The zero-order valence-corrected chi connectivity index (χ0v) is 9.74. The van der Waals surface area contributed by atoms with E-state index in [1.165, 1.54) is 12.1 Å². The van der Waals surface area contributed by atoms with Gasteiger partial charge in [-0.1, -0.05) is 0 Å². The van der Waals surface area contributed by atoms with Gasteiger partial charge in [0, 0.05) is 25.3 Å². The number of urea groups is 1. The Morgan fingerprint density at radius 2 is 2.12 bits per heavy atom. The predicted molar refractivity (Wildman–Crippen MR) is 64.5 cm³/mol. The van der Waals surface area contributed by atoms with Crippen LogP contribution in [0, 0.1) is 5.82 Å². The van der Waals surface area contributed by atoms with E-state index in [1.807, 2.05) is 6.92 Å². The second-order valence-corrected chi connectivity index (χ2v) is 4.04. The van der Waals surface area contributed by atoms with Gasteiger partial charge in [0.15, 0.2) is 0 Å². The number of anilines is 1. The molecule has 1 fully saturated rings. The van der Waals surface area contributed by atoms with Gasteiger partial charge >= 0.3 is 6.03 Å². The van der Waals surface area contributed by atoms with Gasteiger partial charge in [-0.05, 0) is 31.2 Å². The number of halogens is 1. The summed E-state index contributed by atoms with van der Waals surface area (Å²) < 4.78 is 12.7. The first-order chi connectivity index (χ1) is 8.20. The van der Waals surface area contributed by atoms with Crippen molar-refractivity contribution in [3.05, 3.63) is 30.1 Å². The molecule has 1 saturated heterocycles. The summed E-state index contributed by atoms with van der Waals surface area (Å²) in [6.07, 6.45) is 0. The lowest BCUT2D eigenvalue weighted by Crippen LogP contribution is -2.59. The van der Waals surface area contributed by atoms with Crippen LogP contribution in [0.4, 0.5) is 14.9 Å². The number of rotatable bonds is 3. The van der Waals surface area contributed by atoms with E-state index < -0.39 is 0 Å². The van der Waals surface area contributed by atoms with Crippen molar-refractivity contribution in [1.82, 2.24) is 10.2 Å². The summed E-state index contributed by atoms with van der Waals surface area (Å²) in [5, 5.41) is 5.89. The maximum absolute atomic E-state index is 12.7. The number of carbonyl (C=O) groups excluding carboxylic acids is 1. The van der Waals surface area contributed by atoms with E-state index >= 15 is 0 Å². The number of hydrogen-bond acceptors (Lipinski definition) is 2. The largest absolute Gasteiger partial charge is 0.322 e. The molecule has 0 atom stereocenters. The summed E-state index contributed by atoms with van der Waals surface area (Å²) in [5.41, 5.74) is 0.613. The number of carbonyl (C=O) groups is 1. The number of nitrogens with zero attached hydrogens (tertiary/aromatic N) is 1. The third-order valence-corrected chi connectivity index (χ3v) is 2.90. The van der Waals surface area contributed by atoms with Crippen molar-refractivity contribution in [3.63, 3.8) is 0 Å². The fourth-order valence-electron chi connectivity index (χ4n) is 1.79. The van der Waals surface area contributed by atoms with Crippen LogP contribution in [0.15, 0.2) is 24.3 Å². The van der Waals surface area contributed by atoms with Crippen LogP contribution in [0.5, 0.6) is 0 Å². The van der Waals surface area contributed by atoms with E-state index in [4.69, 9.17) is 0 Å². The number of amides is 2. The maximum Gasteiger partial charge on any atom is 0.322 e. The van der Waals surface area contributed by atoms with Crippen LogP contribution in [0.3, 0.4) is 0 Å². The molecule has 1 aromatic rings. The first-order valence-corrected chi connectivity index (χ1v) is 5.74. The Hall–Kier alpha value is -1.62. The van der Waals surface area contributed by atoms with Crippen molar-refractivity contribution in [2.45, 2.75) is 13.0 Å². The van der Waals surface area contributed by atoms with E-state index in [0.29, 0.717) is 12.2 Å². The van der Waals surface area contributed by atoms with E-state index in [2.05, 4.69) is 10.6 Å². The molecule has 2 N–H and O–H groups in total. The molecule has 0 aromatic heterocycles. The van der Waals surface area contributed by atoms with E-state index in [-0.39, 0.29) is 17.9 Å². The molecule has 0 spiro atoms. The molecule has 2 rings (SSSR count). The molecule has 1 aliphatic heterocycles. The molecule has 0 saturated carbocycles. The van der Waals surface area contributed by atoms with Crippen LogP contribution in [-0.2, 0) is 0 Å². The maximum atomic E-state index is 12.7. The molecule has 0 unspecified atom stereocenters. The highest BCUT2D eigenvalue weighted by atomic mass is 19.1. The zero-order chi connectivity index (χ0) is 12.3. The van der Waals surface area contributed by atoms with E-state index in [9.17, 15) is 9.18 Å². The van der Waals surface area contributed by atoms with Crippen LogP contribution in [0.2, 0.25) is 0 Å². The van der Waals surface area contributed by atoms with Crippen LogP contribution < -0.4 is 10.6 Å². The van der Waals surface area contributed by atoms with Crippen molar-refractivity contribution in [3.8, 4) is 0 Å². The molecule has 4 nitrogen and oxygen atoms in total. The lowest BCUT2D eigenvalue weighted by molar-refractivity contribution is 0.165. The smallest absolute Gasteiger partial charge is 0.319 e. The number of likely N-dealkylation sites (N-methyl/N-ethyl adjacent to an activating group) is 1. The average molecular weight is 237 g/mol. The molecule has 5 heteroatoms.